The van der Waals surface area contributed by atoms with Gasteiger partial charge >= 0.3 is 18.0 Å². The van der Waals surface area contributed by atoms with E-state index in [1.807, 2.05) is 60.7 Å². The van der Waals surface area contributed by atoms with Crippen LogP contribution in [-0.4, -0.2) is 91.6 Å². The zero-order valence-electron chi connectivity index (χ0n) is 27.0. The zero-order valence-corrected chi connectivity index (χ0v) is 27.0. The number of carbonyl (C=O) groups excluding carboxylic acids is 3. The predicted molar refractivity (Wildman–Crippen MR) is 183 cm³/mol. The van der Waals surface area contributed by atoms with Gasteiger partial charge in [0.05, 0.1) is 18.7 Å². The molecule has 3 aromatic rings. The number of rotatable bonds is 16. The Balaban J connectivity index is 1.37. The van der Waals surface area contributed by atoms with Crippen LogP contribution in [0.15, 0.2) is 83.9 Å². The number of nitrogens with zero attached hydrogens (tertiary/aromatic N) is 1. The summed E-state index contributed by atoms with van der Waals surface area (Å²) in [4.78, 5) is 55.9. The first-order chi connectivity index (χ1) is 23.7. The lowest BCUT2D eigenvalue weighted by Gasteiger charge is -2.31. The van der Waals surface area contributed by atoms with Gasteiger partial charge in [0.15, 0.2) is 5.96 Å². The van der Waals surface area contributed by atoms with E-state index in [9.17, 15) is 29.4 Å². The summed E-state index contributed by atoms with van der Waals surface area (Å²) in [6.07, 6.45) is 1.92. The first kappa shape index (κ1) is 35.9. The molecule has 0 aromatic heterocycles. The Morgan fingerprint density at radius 1 is 0.816 bits per heavy atom. The molecule has 1 aliphatic heterocycles. The van der Waals surface area contributed by atoms with Crippen molar-refractivity contribution in [2.75, 3.05) is 45.9 Å². The molecule has 0 fully saturated rings. The topological polar surface area (TPSA) is 215 Å². The van der Waals surface area contributed by atoms with Gasteiger partial charge in [-0.05, 0) is 42.5 Å². The minimum Gasteiger partial charge on any atom is -0.507 e. The van der Waals surface area contributed by atoms with E-state index in [2.05, 4.69) is 42.2 Å². The fourth-order valence-corrected chi connectivity index (χ4v) is 4.80. The largest absolute Gasteiger partial charge is 0.507 e. The second-order valence-corrected chi connectivity index (χ2v) is 11.1. The van der Waals surface area contributed by atoms with Crippen LogP contribution in [0.5, 0.6) is 11.5 Å². The maximum Gasteiger partial charge on any atom is 0.352 e. The minimum absolute atomic E-state index is 0.172. The van der Waals surface area contributed by atoms with Crippen LogP contribution in [0.4, 0.5) is 9.59 Å². The van der Waals surface area contributed by atoms with Gasteiger partial charge < -0.3 is 52.2 Å². The quantitative estimate of drug-likeness (QED) is 0.0790. The molecule has 0 atom stereocenters. The minimum atomic E-state index is -2.47. The number of amides is 5. The van der Waals surface area contributed by atoms with Crippen LogP contribution in [0, 0.1) is 0 Å². The van der Waals surface area contributed by atoms with Crippen molar-refractivity contribution < 1.29 is 34.1 Å². The average molecular weight is 675 g/mol. The molecule has 0 radical (unpaired) electrons. The molecule has 9 N–H and O–H groups in total. The van der Waals surface area contributed by atoms with Crippen molar-refractivity contribution in [2.45, 2.75) is 24.9 Å². The highest BCUT2D eigenvalue weighted by atomic mass is 16.5. The number of aliphatic imine (C=N–C) groups is 1. The van der Waals surface area contributed by atoms with E-state index in [0.717, 1.165) is 30.6 Å². The molecule has 49 heavy (non-hydrogen) atoms. The molecule has 3 aromatic carbocycles. The van der Waals surface area contributed by atoms with Gasteiger partial charge in [-0.15, -0.1) is 0 Å². The summed E-state index contributed by atoms with van der Waals surface area (Å²) in [6, 6.07) is 21.0. The third-order valence-electron chi connectivity index (χ3n) is 7.39. The van der Waals surface area contributed by atoms with Gasteiger partial charge in [0.2, 0.25) is 5.66 Å². The smallest absolute Gasteiger partial charge is 0.352 e. The number of carboxylic acid groups (broad SMARTS) is 1. The molecule has 1 heterocycles. The van der Waals surface area contributed by atoms with Gasteiger partial charge in [0.25, 0.3) is 5.91 Å². The third-order valence-corrected chi connectivity index (χ3v) is 7.39. The summed E-state index contributed by atoms with van der Waals surface area (Å²) >= 11 is 0. The van der Waals surface area contributed by atoms with Gasteiger partial charge in [0, 0.05) is 32.2 Å². The maximum absolute atomic E-state index is 13.1. The molecule has 260 valence electrons. The summed E-state index contributed by atoms with van der Waals surface area (Å²) < 4.78 is 5.64. The standard InChI is InChI=1S/C34H42N8O7/c43-28-22-26(49-21-20-37-31-35-16-7-17-36-31)12-13-27(28)29(44)40-23-34(30(45)46,41-32(47)38-18-14-24-8-3-1-4-9-24)42-33(48)39-19-15-25-10-5-2-6-11-25/h1-6,8-13,22,43H,7,14-21,23H2,(H,40,44)(H,45,46)(H2,35,36,37)(H2,38,41,47)(H2,39,42,48). The molecule has 5 amide bonds. The zero-order chi connectivity index (χ0) is 34.9. The van der Waals surface area contributed by atoms with Crippen LogP contribution < -0.4 is 42.0 Å². The number of hydrogen-bond acceptors (Lipinski definition) is 9. The van der Waals surface area contributed by atoms with Crippen molar-refractivity contribution in [3.8, 4) is 11.5 Å². The molecule has 0 unspecified atom stereocenters. The lowest BCUT2D eigenvalue weighted by Crippen LogP contribution is -2.72. The van der Waals surface area contributed by atoms with Crippen molar-refractivity contribution >= 4 is 29.9 Å². The van der Waals surface area contributed by atoms with E-state index in [1.165, 1.54) is 18.2 Å². The number of nitrogens with one attached hydrogen (secondary N) is 7. The number of hydrogen-bond donors (Lipinski definition) is 9. The van der Waals surface area contributed by atoms with Gasteiger partial charge in [0.1, 0.15) is 18.1 Å². The van der Waals surface area contributed by atoms with Crippen LogP contribution in [0.2, 0.25) is 0 Å². The van der Waals surface area contributed by atoms with E-state index < -0.39 is 41.9 Å². The second kappa shape index (κ2) is 18.4. The van der Waals surface area contributed by atoms with Crippen LogP contribution >= 0.6 is 0 Å². The molecule has 15 heteroatoms. The normalized spacial score (nSPS) is 12.4. The van der Waals surface area contributed by atoms with Crippen molar-refractivity contribution in [3.05, 3.63) is 95.6 Å². The van der Waals surface area contributed by atoms with Crippen LogP contribution in [-0.2, 0) is 17.6 Å². The summed E-state index contributed by atoms with van der Waals surface area (Å²) in [6.45, 7) is 1.87. The Hall–Kier alpha value is -5.99. The van der Waals surface area contributed by atoms with Gasteiger partial charge in [-0.2, -0.15) is 0 Å². The van der Waals surface area contributed by atoms with Gasteiger partial charge in [-0.1, -0.05) is 60.7 Å². The number of urea groups is 2. The number of guanidine groups is 1. The third kappa shape index (κ3) is 11.6. The van der Waals surface area contributed by atoms with E-state index in [0.29, 0.717) is 31.1 Å². The molecule has 0 saturated heterocycles. The molecule has 0 aliphatic carbocycles. The first-order valence-corrected chi connectivity index (χ1v) is 15.9. The predicted octanol–water partition coefficient (Wildman–Crippen LogP) is 1.30. The Labute approximate surface area is 283 Å². The van der Waals surface area contributed by atoms with E-state index in [-0.39, 0.29) is 25.3 Å². The number of carboxylic acids is 1. The number of aromatic hydroxyl groups is 1. The molecule has 0 saturated carbocycles. The van der Waals surface area contributed by atoms with Crippen molar-refractivity contribution in [2.24, 2.45) is 4.99 Å². The second-order valence-electron chi connectivity index (χ2n) is 11.1. The Bertz CT molecular complexity index is 1530. The fraction of sp³-hybridized carbons (Fsp3) is 0.324. The molecule has 4 rings (SSSR count). The highest BCUT2D eigenvalue weighted by Gasteiger charge is 2.42. The molecule has 1 aliphatic rings. The van der Waals surface area contributed by atoms with Gasteiger partial charge in [-0.25, -0.2) is 14.4 Å². The number of phenols is 1. The average Bonchev–Trinajstić information content (AvgIpc) is 3.10. The Kier molecular flexibility index (Phi) is 13.4. The lowest BCUT2D eigenvalue weighted by atomic mass is 10.1. The number of aliphatic carboxylic acids is 1. The number of benzene rings is 3. The molecule has 0 spiro atoms. The van der Waals surface area contributed by atoms with E-state index in [4.69, 9.17) is 4.74 Å². The number of carbonyl (C=O) groups is 4. The Morgan fingerprint density at radius 2 is 1.43 bits per heavy atom. The highest BCUT2D eigenvalue weighted by Crippen LogP contribution is 2.23. The number of ether oxygens (including phenoxy) is 1. The van der Waals surface area contributed by atoms with E-state index in [1.54, 1.807) is 0 Å². The van der Waals surface area contributed by atoms with Crippen LogP contribution in [0.3, 0.4) is 0 Å². The monoisotopic (exact) mass is 674 g/mol. The van der Waals surface area contributed by atoms with Gasteiger partial charge in [-0.3, -0.25) is 9.79 Å². The molecule has 0 bridgehead atoms. The van der Waals surface area contributed by atoms with Crippen molar-refractivity contribution in [1.82, 2.24) is 37.2 Å². The SMILES string of the molecule is O=C(NCCc1ccccc1)NC(CNC(=O)c1ccc(OCCNC2=NCCCN2)cc1O)(NC(=O)NCCc1ccccc1)C(=O)O. The van der Waals surface area contributed by atoms with E-state index >= 15 is 0 Å². The highest BCUT2D eigenvalue weighted by molar-refractivity contribution is 5.98. The van der Waals surface area contributed by atoms with Crippen LogP contribution in [0.1, 0.15) is 27.9 Å². The summed E-state index contributed by atoms with van der Waals surface area (Å²) in [5.41, 5.74) is -0.734. The summed E-state index contributed by atoms with van der Waals surface area (Å²) in [5.74, 6) is -1.91. The van der Waals surface area contributed by atoms with Crippen molar-refractivity contribution in [3.63, 3.8) is 0 Å². The van der Waals surface area contributed by atoms with Crippen molar-refractivity contribution in [1.29, 1.82) is 0 Å². The number of phenolic OH excluding ortho intramolecular Hbond substituents is 1. The van der Waals surface area contributed by atoms with Crippen LogP contribution in [0.25, 0.3) is 0 Å². The summed E-state index contributed by atoms with van der Waals surface area (Å²) in [5, 5.41) is 39.3. The molecular formula is C34H42N8O7. The molecule has 15 nitrogen and oxygen atoms in total. The maximum atomic E-state index is 13.1. The molecular weight excluding hydrogens is 632 g/mol. The fourth-order valence-electron chi connectivity index (χ4n) is 4.80. The first-order valence-electron chi connectivity index (χ1n) is 15.9. The lowest BCUT2D eigenvalue weighted by molar-refractivity contribution is -0.145. The Morgan fingerprint density at radius 3 is 1.96 bits per heavy atom. The summed E-state index contributed by atoms with van der Waals surface area (Å²) in [7, 11) is 0.